The average Bonchev–Trinajstić information content (AvgIpc) is 2.68. The van der Waals surface area contributed by atoms with Crippen LogP contribution >= 0.6 is 27.7 Å². The van der Waals surface area contributed by atoms with Crippen molar-refractivity contribution in [2.75, 3.05) is 12.8 Å². The number of aliphatic hydroxyl groups excluding tert-OH is 1. The molecule has 0 aliphatic heterocycles. The zero-order chi connectivity index (χ0) is 13.1. The van der Waals surface area contributed by atoms with Gasteiger partial charge in [-0.15, -0.1) is 0 Å². The first-order valence-corrected chi connectivity index (χ1v) is 8.38. The van der Waals surface area contributed by atoms with Gasteiger partial charge in [0, 0.05) is 17.9 Å². The van der Waals surface area contributed by atoms with Gasteiger partial charge in [0.1, 0.15) is 17.3 Å². The van der Waals surface area contributed by atoms with E-state index in [1.165, 1.54) is 6.07 Å². The number of thioether (sulfide) groups is 1. The Hall–Kier alpha value is -0.0200. The second kappa shape index (κ2) is 6.24. The molecule has 0 aliphatic carbocycles. The van der Waals surface area contributed by atoms with Gasteiger partial charge in [0.25, 0.3) is 0 Å². The molecule has 98 valence electrons. The van der Waals surface area contributed by atoms with Crippen LogP contribution in [-0.4, -0.2) is 31.6 Å². The van der Waals surface area contributed by atoms with E-state index in [-0.39, 0.29) is 27.2 Å². The van der Waals surface area contributed by atoms with Crippen LogP contribution in [0.15, 0.2) is 20.0 Å². The van der Waals surface area contributed by atoms with E-state index in [9.17, 15) is 8.42 Å². The van der Waals surface area contributed by atoms with Gasteiger partial charge in [0.2, 0.25) is 10.0 Å². The van der Waals surface area contributed by atoms with Crippen molar-refractivity contribution in [1.82, 2.24) is 4.72 Å². The van der Waals surface area contributed by atoms with Gasteiger partial charge in [-0.1, -0.05) is 6.92 Å². The Morgan fingerprint density at radius 2 is 2.29 bits per heavy atom. The summed E-state index contributed by atoms with van der Waals surface area (Å²) in [5.41, 5.74) is 0. The Morgan fingerprint density at radius 1 is 1.65 bits per heavy atom. The number of halogens is 1. The first kappa shape index (κ1) is 15.0. The first-order valence-electron chi connectivity index (χ1n) is 4.82. The number of rotatable bonds is 6. The molecule has 0 saturated heterocycles. The van der Waals surface area contributed by atoms with Gasteiger partial charge in [-0.05, 0) is 22.2 Å². The van der Waals surface area contributed by atoms with Crippen molar-refractivity contribution < 1.29 is 17.9 Å². The second-order valence-corrected chi connectivity index (χ2v) is 7.14. The lowest BCUT2D eigenvalue weighted by atomic mass is 10.5. The molecule has 1 rings (SSSR count). The van der Waals surface area contributed by atoms with E-state index >= 15 is 0 Å². The van der Waals surface area contributed by atoms with Crippen LogP contribution in [0.25, 0.3) is 0 Å². The number of hydrogen-bond acceptors (Lipinski definition) is 5. The van der Waals surface area contributed by atoms with Crippen molar-refractivity contribution in [3.05, 3.63) is 16.5 Å². The average molecular weight is 344 g/mol. The largest absolute Gasteiger partial charge is 0.450 e. The van der Waals surface area contributed by atoms with Crippen molar-refractivity contribution in [1.29, 1.82) is 0 Å². The summed E-state index contributed by atoms with van der Waals surface area (Å²) in [6.07, 6.45) is 1.91. The van der Waals surface area contributed by atoms with Crippen molar-refractivity contribution >= 4 is 37.7 Å². The van der Waals surface area contributed by atoms with Gasteiger partial charge in [-0.3, -0.25) is 0 Å². The summed E-state index contributed by atoms with van der Waals surface area (Å²) in [6, 6.07) is 1.30. The fourth-order valence-corrected chi connectivity index (χ4v) is 3.53. The predicted octanol–water partition coefficient (Wildman–Crippen LogP) is 1.56. The highest BCUT2D eigenvalue weighted by molar-refractivity contribution is 9.10. The van der Waals surface area contributed by atoms with E-state index in [1.54, 1.807) is 11.8 Å². The van der Waals surface area contributed by atoms with Crippen LogP contribution in [0.3, 0.4) is 0 Å². The summed E-state index contributed by atoms with van der Waals surface area (Å²) in [7, 11) is -3.60. The van der Waals surface area contributed by atoms with Gasteiger partial charge in [0.15, 0.2) is 4.67 Å². The molecule has 0 bridgehead atoms. The van der Waals surface area contributed by atoms with Crippen LogP contribution in [0.4, 0.5) is 0 Å². The molecule has 1 unspecified atom stereocenters. The molecule has 1 heterocycles. The maximum absolute atomic E-state index is 11.9. The molecule has 0 aliphatic rings. The fraction of sp³-hybridized carbons (Fsp3) is 0.556. The smallest absolute Gasteiger partial charge is 0.245 e. The highest BCUT2D eigenvalue weighted by Gasteiger charge is 2.22. The van der Waals surface area contributed by atoms with Crippen LogP contribution in [0, 0.1) is 0 Å². The van der Waals surface area contributed by atoms with Crippen molar-refractivity contribution in [2.45, 2.75) is 23.7 Å². The molecule has 0 saturated carbocycles. The molecule has 1 aromatic rings. The Labute approximate surface area is 113 Å². The van der Waals surface area contributed by atoms with Gasteiger partial charge >= 0.3 is 0 Å². The maximum Gasteiger partial charge on any atom is 0.245 e. The summed E-state index contributed by atoms with van der Waals surface area (Å²) in [4.78, 5) is 0.00912. The Bertz CT molecular complexity index is 471. The zero-order valence-electron chi connectivity index (χ0n) is 9.44. The van der Waals surface area contributed by atoms with Crippen LogP contribution in [-0.2, 0) is 16.6 Å². The summed E-state index contributed by atoms with van der Waals surface area (Å²) in [5.74, 6) is 0.204. The number of aliphatic hydroxyl groups is 1. The van der Waals surface area contributed by atoms with Gasteiger partial charge in [-0.25, -0.2) is 13.1 Å². The summed E-state index contributed by atoms with van der Waals surface area (Å²) < 4.78 is 31.4. The minimum Gasteiger partial charge on any atom is -0.450 e. The number of sulfonamides is 1. The van der Waals surface area contributed by atoms with Crippen molar-refractivity contribution in [2.24, 2.45) is 0 Å². The number of hydrogen-bond donors (Lipinski definition) is 2. The van der Waals surface area contributed by atoms with Crippen LogP contribution in [0.5, 0.6) is 0 Å². The third-order valence-electron chi connectivity index (χ3n) is 2.12. The van der Waals surface area contributed by atoms with Crippen molar-refractivity contribution in [3.63, 3.8) is 0 Å². The standard InChI is InChI=1S/C9H14BrNO4S2/c1-6(16-2)4-11-17(13,14)8-3-7(5-12)15-9(8)10/h3,6,11-12H,4-5H2,1-2H3. The minimum atomic E-state index is -3.60. The van der Waals surface area contributed by atoms with E-state index in [1.807, 2.05) is 13.2 Å². The third-order valence-corrected chi connectivity index (χ3v) is 5.37. The maximum atomic E-state index is 11.9. The van der Waals surface area contributed by atoms with E-state index in [0.717, 1.165) is 0 Å². The Morgan fingerprint density at radius 3 is 2.76 bits per heavy atom. The first-order chi connectivity index (χ1) is 7.90. The molecular formula is C9H14BrNO4S2. The molecule has 0 radical (unpaired) electrons. The lowest BCUT2D eigenvalue weighted by Gasteiger charge is -2.09. The molecule has 2 N–H and O–H groups in total. The van der Waals surface area contributed by atoms with Gasteiger partial charge in [-0.2, -0.15) is 11.8 Å². The van der Waals surface area contributed by atoms with Crippen molar-refractivity contribution in [3.8, 4) is 0 Å². The van der Waals surface area contributed by atoms with Crippen LogP contribution in [0.1, 0.15) is 12.7 Å². The molecular weight excluding hydrogens is 330 g/mol. The topological polar surface area (TPSA) is 79.5 Å². The van der Waals surface area contributed by atoms with Crippen LogP contribution < -0.4 is 4.72 Å². The molecule has 1 aromatic heterocycles. The van der Waals surface area contributed by atoms with E-state index < -0.39 is 10.0 Å². The lowest BCUT2D eigenvalue weighted by molar-refractivity contribution is 0.245. The molecule has 17 heavy (non-hydrogen) atoms. The molecule has 0 fully saturated rings. The summed E-state index contributed by atoms with van der Waals surface area (Å²) in [5, 5.41) is 9.05. The number of nitrogens with one attached hydrogen (secondary N) is 1. The Balaban J connectivity index is 2.85. The highest BCUT2D eigenvalue weighted by Crippen LogP contribution is 2.26. The lowest BCUT2D eigenvalue weighted by Crippen LogP contribution is -2.29. The molecule has 0 aromatic carbocycles. The van der Waals surface area contributed by atoms with E-state index in [4.69, 9.17) is 9.52 Å². The second-order valence-electron chi connectivity index (χ2n) is 3.41. The predicted molar refractivity (Wildman–Crippen MR) is 70.5 cm³/mol. The third kappa shape index (κ3) is 3.99. The van der Waals surface area contributed by atoms with Crippen LogP contribution in [0.2, 0.25) is 0 Å². The minimum absolute atomic E-state index is 0.00912. The van der Waals surface area contributed by atoms with E-state index in [2.05, 4.69) is 20.7 Å². The fourth-order valence-electron chi connectivity index (χ4n) is 1.05. The zero-order valence-corrected chi connectivity index (χ0v) is 12.7. The highest BCUT2D eigenvalue weighted by atomic mass is 79.9. The summed E-state index contributed by atoms with van der Waals surface area (Å²) >= 11 is 4.59. The molecule has 1 atom stereocenters. The molecule has 0 spiro atoms. The Kier molecular flexibility index (Phi) is 5.52. The SMILES string of the molecule is CSC(C)CNS(=O)(=O)c1cc(CO)oc1Br. The van der Waals surface area contributed by atoms with Gasteiger partial charge in [0.05, 0.1) is 0 Å². The van der Waals surface area contributed by atoms with Gasteiger partial charge < -0.3 is 9.52 Å². The van der Waals surface area contributed by atoms with E-state index in [0.29, 0.717) is 6.54 Å². The normalized spacial score (nSPS) is 13.9. The molecule has 5 nitrogen and oxygen atoms in total. The summed E-state index contributed by atoms with van der Waals surface area (Å²) in [6.45, 7) is 1.93. The number of furan rings is 1. The quantitative estimate of drug-likeness (QED) is 0.819. The molecule has 0 amide bonds. The molecule has 8 heteroatoms. The monoisotopic (exact) mass is 343 g/mol.